The quantitative estimate of drug-likeness (QED) is 0.858. The number of ether oxygens (including phenoxy) is 2. The number of phenolic OH excluding ortho intramolecular Hbond substituents is 1. The number of nitrogens with zero attached hydrogens (tertiary/aromatic N) is 1. The number of halogens is 1. The summed E-state index contributed by atoms with van der Waals surface area (Å²) in [6.45, 7) is 2.67. The van der Waals surface area contributed by atoms with Crippen LogP contribution >= 0.6 is 15.9 Å². The zero-order valence-electron chi connectivity index (χ0n) is 11.4. The van der Waals surface area contributed by atoms with Gasteiger partial charge in [0.2, 0.25) is 0 Å². The van der Waals surface area contributed by atoms with Crippen LogP contribution in [-0.4, -0.2) is 43.4 Å². The molecule has 20 heavy (non-hydrogen) atoms. The lowest BCUT2D eigenvalue weighted by Gasteiger charge is -2.25. The van der Waals surface area contributed by atoms with Gasteiger partial charge in [-0.25, -0.2) is 0 Å². The number of rotatable bonds is 2. The third kappa shape index (κ3) is 2.25. The highest BCUT2D eigenvalue weighted by atomic mass is 79.9. The van der Waals surface area contributed by atoms with Crippen molar-refractivity contribution in [3.8, 4) is 17.2 Å². The maximum atomic E-state index is 10.5. The summed E-state index contributed by atoms with van der Waals surface area (Å²) in [5.41, 5.74) is 6.65. The fraction of sp³-hybridized carbons (Fsp3) is 0.571. The Bertz CT molecular complexity index is 524. The highest BCUT2D eigenvalue weighted by Gasteiger charge is 2.34. The third-order valence-electron chi connectivity index (χ3n) is 4.11. The average molecular weight is 343 g/mol. The van der Waals surface area contributed by atoms with Crippen LogP contribution in [0.1, 0.15) is 18.0 Å². The predicted molar refractivity (Wildman–Crippen MR) is 79.3 cm³/mol. The number of aromatic hydroxyl groups is 1. The maximum absolute atomic E-state index is 10.5. The second-order valence-electron chi connectivity index (χ2n) is 5.45. The topological polar surface area (TPSA) is 68.0 Å². The molecule has 0 aliphatic carbocycles. The molecule has 1 aromatic rings. The normalized spacial score (nSPS) is 25.9. The molecule has 5 nitrogen and oxygen atoms in total. The van der Waals surface area contributed by atoms with E-state index in [1.54, 1.807) is 0 Å². The van der Waals surface area contributed by atoms with E-state index >= 15 is 0 Å². The molecule has 6 heteroatoms. The van der Waals surface area contributed by atoms with Crippen LogP contribution < -0.4 is 15.2 Å². The van der Waals surface area contributed by atoms with E-state index in [0.29, 0.717) is 41.6 Å². The van der Waals surface area contributed by atoms with Crippen molar-refractivity contribution < 1.29 is 14.6 Å². The zero-order valence-corrected chi connectivity index (χ0v) is 13.0. The molecule has 2 heterocycles. The van der Waals surface area contributed by atoms with Crippen LogP contribution in [0.5, 0.6) is 17.2 Å². The average Bonchev–Trinajstić information content (AvgIpc) is 2.84. The first kappa shape index (κ1) is 14.0. The molecule has 2 aliphatic rings. The van der Waals surface area contributed by atoms with Crippen LogP contribution in [0.25, 0.3) is 0 Å². The van der Waals surface area contributed by atoms with E-state index in [1.165, 1.54) is 0 Å². The van der Waals surface area contributed by atoms with Crippen LogP contribution in [0.3, 0.4) is 0 Å². The molecule has 0 spiro atoms. The van der Waals surface area contributed by atoms with Crippen LogP contribution in [-0.2, 0) is 0 Å². The number of fused-ring (bicyclic) bond motifs is 1. The first-order valence-corrected chi connectivity index (χ1v) is 7.62. The Morgan fingerprint density at radius 2 is 2.20 bits per heavy atom. The Kier molecular flexibility index (Phi) is 3.79. The first-order valence-electron chi connectivity index (χ1n) is 6.83. The van der Waals surface area contributed by atoms with Crippen molar-refractivity contribution in [2.24, 2.45) is 11.7 Å². The maximum Gasteiger partial charge on any atom is 0.179 e. The molecule has 2 aliphatic heterocycles. The molecule has 2 atom stereocenters. The van der Waals surface area contributed by atoms with Gasteiger partial charge >= 0.3 is 0 Å². The zero-order chi connectivity index (χ0) is 14.3. The van der Waals surface area contributed by atoms with E-state index in [0.717, 1.165) is 18.5 Å². The molecular formula is C14H19BrN2O3. The molecule has 3 N–H and O–H groups in total. The van der Waals surface area contributed by atoms with E-state index in [2.05, 4.69) is 27.9 Å². The summed E-state index contributed by atoms with van der Waals surface area (Å²) in [6.07, 6.45) is 0.951. The molecular weight excluding hydrogens is 324 g/mol. The Morgan fingerprint density at radius 1 is 1.45 bits per heavy atom. The summed E-state index contributed by atoms with van der Waals surface area (Å²) >= 11 is 3.42. The molecule has 1 saturated heterocycles. The lowest BCUT2D eigenvalue weighted by atomic mass is 9.98. The van der Waals surface area contributed by atoms with Crippen LogP contribution in [0.4, 0.5) is 0 Å². The van der Waals surface area contributed by atoms with Gasteiger partial charge in [0.1, 0.15) is 23.4 Å². The van der Waals surface area contributed by atoms with Crippen LogP contribution in [0, 0.1) is 5.92 Å². The van der Waals surface area contributed by atoms with Gasteiger partial charge in [0.15, 0.2) is 11.5 Å². The SMILES string of the molecule is CN1CC(CN)CC1c1cc2c(c(Br)c1O)OCCO2. The minimum Gasteiger partial charge on any atom is -0.506 e. The van der Waals surface area contributed by atoms with Gasteiger partial charge in [0.25, 0.3) is 0 Å². The lowest BCUT2D eigenvalue weighted by Crippen LogP contribution is -2.21. The molecule has 0 bridgehead atoms. The summed E-state index contributed by atoms with van der Waals surface area (Å²) in [6, 6.07) is 2.06. The van der Waals surface area contributed by atoms with Crippen molar-refractivity contribution in [1.82, 2.24) is 4.90 Å². The van der Waals surface area contributed by atoms with Crippen molar-refractivity contribution in [3.05, 3.63) is 16.1 Å². The lowest BCUT2D eigenvalue weighted by molar-refractivity contribution is 0.168. The number of likely N-dealkylation sites (tertiary alicyclic amines) is 1. The molecule has 0 saturated carbocycles. The molecule has 1 fully saturated rings. The number of hydrogen-bond donors (Lipinski definition) is 2. The van der Waals surface area contributed by atoms with Crippen molar-refractivity contribution in [1.29, 1.82) is 0 Å². The van der Waals surface area contributed by atoms with Crippen LogP contribution in [0.2, 0.25) is 0 Å². The molecule has 0 amide bonds. The number of hydrogen-bond acceptors (Lipinski definition) is 5. The van der Waals surface area contributed by atoms with E-state index in [4.69, 9.17) is 15.2 Å². The van der Waals surface area contributed by atoms with Gasteiger partial charge in [-0.2, -0.15) is 0 Å². The summed E-state index contributed by atoms with van der Waals surface area (Å²) < 4.78 is 11.8. The summed E-state index contributed by atoms with van der Waals surface area (Å²) in [4.78, 5) is 2.23. The molecule has 110 valence electrons. The van der Waals surface area contributed by atoms with Crippen molar-refractivity contribution in [2.75, 3.05) is 33.4 Å². The Labute approximate surface area is 126 Å². The van der Waals surface area contributed by atoms with Gasteiger partial charge in [0, 0.05) is 18.2 Å². The molecule has 0 aromatic heterocycles. The van der Waals surface area contributed by atoms with E-state index in [-0.39, 0.29) is 11.8 Å². The van der Waals surface area contributed by atoms with Gasteiger partial charge in [-0.1, -0.05) is 0 Å². The standard InChI is InChI=1S/C14H19BrN2O3/c1-17-7-8(6-16)4-10(17)9-5-11-14(12(15)13(9)18)20-3-2-19-11/h5,8,10,18H,2-4,6-7,16H2,1H3. The van der Waals surface area contributed by atoms with Gasteiger partial charge < -0.3 is 20.3 Å². The molecule has 3 rings (SSSR count). The highest BCUT2D eigenvalue weighted by molar-refractivity contribution is 9.10. The van der Waals surface area contributed by atoms with E-state index < -0.39 is 0 Å². The van der Waals surface area contributed by atoms with Gasteiger partial charge in [-0.3, -0.25) is 4.90 Å². The minimum atomic E-state index is 0.163. The molecule has 0 radical (unpaired) electrons. The molecule has 1 aromatic carbocycles. The van der Waals surface area contributed by atoms with E-state index in [9.17, 15) is 5.11 Å². The second kappa shape index (κ2) is 5.42. The Morgan fingerprint density at radius 3 is 2.90 bits per heavy atom. The summed E-state index contributed by atoms with van der Waals surface area (Å²) in [5.74, 6) is 1.99. The minimum absolute atomic E-state index is 0.163. The number of nitrogens with two attached hydrogens (primary N) is 1. The second-order valence-corrected chi connectivity index (χ2v) is 6.24. The van der Waals surface area contributed by atoms with Gasteiger partial charge in [0.05, 0.1) is 0 Å². The fourth-order valence-electron chi connectivity index (χ4n) is 3.05. The summed E-state index contributed by atoms with van der Waals surface area (Å²) in [7, 11) is 2.06. The fourth-order valence-corrected chi connectivity index (χ4v) is 3.59. The van der Waals surface area contributed by atoms with Crippen molar-refractivity contribution in [3.63, 3.8) is 0 Å². The monoisotopic (exact) mass is 342 g/mol. The molecule has 2 unspecified atom stereocenters. The van der Waals surface area contributed by atoms with Crippen molar-refractivity contribution >= 4 is 15.9 Å². The Hall–Kier alpha value is -0.980. The van der Waals surface area contributed by atoms with Gasteiger partial charge in [-0.15, -0.1) is 0 Å². The highest BCUT2D eigenvalue weighted by Crippen LogP contribution is 2.49. The van der Waals surface area contributed by atoms with Crippen LogP contribution in [0.15, 0.2) is 10.5 Å². The first-order chi connectivity index (χ1) is 9.61. The third-order valence-corrected chi connectivity index (χ3v) is 4.84. The Balaban J connectivity index is 2.00. The summed E-state index contributed by atoms with van der Waals surface area (Å²) in [5, 5.41) is 10.5. The smallest absolute Gasteiger partial charge is 0.179 e. The van der Waals surface area contributed by atoms with Crippen molar-refractivity contribution in [2.45, 2.75) is 12.5 Å². The number of benzene rings is 1. The largest absolute Gasteiger partial charge is 0.506 e. The predicted octanol–water partition coefficient (Wildman–Crippen LogP) is 1.88. The number of phenols is 1. The van der Waals surface area contributed by atoms with Gasteiger partial charge in [-0.05, 0) is 47.9 Å². The van der Waals surface area contributed by atoms with E-state index in [1.807, 2.05) is 6.07 Å².